The third-order valence-corrected chi connectivity index (χ3v) is 6.88. The van der Waals surface area contributed by atoms with E-state index >= 15 is 0 Å². The van der Waals surface area contributed by atoms with E-state index in [9.17, 15) is 15.0 Å². The molecule has 5 nitrogen and oxygen atoms in total. The van der Waals surface area contributed by atoms with E-state index in [1.165, 1.54) is 0 Å². The van der Waals surface area contributed by atoms with Crippen LogP contribution in [0.3, 0.4) is 0 Å². The van der Waals surface area contributed by atoms with Crippen LogP contribution in [0, 0.1) is 0 Å². The minimum atomic E-state index is -0.953. The molecule has 0 unspecified atom stereocenters. The molecular formula is C19H23NO4. The molecule has 2 heterocycles. The van der Waals surface area contributed by atoms with E-state index in [1.54, 1.807) is 6.07 Å². The SMILES string of the molecule is CCCN1CC[C@]23c4c5ccc(O)c4O[C@@H]2C(=O)CC[C@@]3(O)[C@H]1C5. The molecule has 2 bridgehead atoms. The summed E-state index contributed by atoms with van der Waals surface area (Å²) in [5.74, 6) is 0.585. The molecule has 0 radical (unpaired) electrons. The molecule has 2 aliphatic carbocycles. The van der Waals surface area contributed by atoms with Crippen molar-refractivity contribution in [3.8, 4) is 11.5 Å². The normalized spacial score (nSPS) is 39.5. The Labute approximate surface area is 141 Å². The lowest BCUT2D eigenvalue weighted by Crippen LogP contribution is -2.76. The van der Waals surface area contributed by atoms with Crippen molar-refractivity contribution in [1.29, 1.82) is 0 Å². The molecule has 4 aliphatic rings. The molecule has 1 saturated heterocycles. The van der Waals surface area contributed by atoms with E-state index in [-0.39, 0.29) is 17.6 Å². The Morgan fingerprint density at radius 2 is 2.21 bits per heavy atom. The highest BCUT2D eigenvalue weighted by atomic mass is 16.5. The van der Waals surface area contributed by atoms with Crippen LogP contribution in [0.1, 0.15) is 43.7 Å². The van der Waals surface area contributed by atoms with Gasteiger partial charge in [0.05, 0.1) is 11.0 Å². The molecule has 128 valence electrons. The zero-order valence-electron chi connectivity index (χ0n) is 13.9. The predicted octanol–water partition coefficient (Wildman–Crippen LogP) is 1.53. The van der Waals surface area contributed by atoms with Gasteiger partial charge < -0.3 is 14.9 Å². The number of carbonyl (C=O) groups excluding carboxylic acids is 1. The fraction of sp³-hybridized carbons (Fsp3) is 0.632. The smallest absolute Gasteiger partial charge is 0.174 e. The molecule has 1 aromatic rings. The average Bonchev–Trinajstić information content (AvgIpc) is 2.91. The largest absolute Gasteiger partial charge is 0.504 e. The first-order valence-corrected chi connectivity index (χ1v) is 9.04. The van der Waals surface area contributed by atoms with E-state index in [1.807, 2.05) is 6.07 Å². The average molecular weight is 329 g/mol. The molecule has 0 aromatic heterocycles. The number of benzene rings is 1. The van der Waals surface area contributed by atoms with Crippen molar-refractivity contribution >= 4 is 5.78 Å². The molecule has 1 saturated carbocycles. The van der Waals surface area contributed by atoms with Crippen molar-refractivity contribution in [2.75, 3.05) is 13.1 Å². The maximum atomic E-state index is 12.6. The van der Waals surface area contributed by atoms with Gasteiger partial charge in [0.1, 0.15) is 0 Å². The van der Waals surface area contributed by atoms with E-state index < -0.39 is 17.1 Å². The second-order valence-corrected chi connectivity index (χ2v) is 7.81. The van der Waals surface area contributed by atoms with E-state index in [4.69, 9.17) is 4.74 Å². The van der Waals surface area contributed by atoms with Crippen molar-refractivity contribution < 1.29 is 19.7 Å². The zero-order chi connectivity index (χ0) is 16.7. The van der Waals surface area contributed by atoms with Gasteiger partial charge in [-0.05, 0) is 50.4 Å². The fourth-order valence-corrected chi connectivity index (χ4v) is 5.97. The monoisotopic (exact) mass is 329 g/mol. The molecule has 1 aromatic carbocycles. The summed E-state index contributed by atoms with van der Waals surface area (Å²) in [6.45, 7) is 3.98. The van der Waals surface area contributed by atoms with Crippen molar-refractivity contribution in [3.63, 3.8) is 0 Å². The number of nitrogens with zero attached hydrogens (tertiary/aromatic N) is 1. The van der Waals surface area contributed by atoms with Gasteiger partial charge in [-0.2, -0.15) is 0 Å². The van der Waals surface area contributed by atoms with Crippen LogP contribution >= 0.6 is 0 Å². The molecule has 4 atom stereocenters. The number of aliphatic hydroxyl groups is 1. The third kappa shape index (κ3) is 1.43. The van der Waals surface area contributed by atoms with E-state index in [0.29, 0.717) is 25.0 Å². The number of hydrogen-bond acceptors (Lipinski definition) is 5. The summed E-state index contributed by atoms with van der Waals surface area (Å²) in [7, 11) is 0. The molecule has 24 heavy (non-hydrogen) atoms. The molecule has 1 spiro atoms. The minimum Gasteiger partial charge on any atom is -0.504 e. The number of ether oxygens (including phenoxy) is 1. The first-order chi connectivity index (χ1) is 11.5. The van der Waals surface area contributed by atoms with Gasteiger partial charge in [-0.1, -0.05) is 13.0 Å². The van der Waals surface area contributed by atoms with Crippen LogP contribution in [-0.2, 0) is 16.6 Å². The highest BCUT2D eigenvalue weighted by molar-refractivity contribution is 5.90. The Balaban J connectivity index is 1.78. The Bertz CT molecular complexity index is 747. The summed E-state index contributed by atoms with van der Waals surface area (Å²) in [6.07, 6.45) is 2.70. The minimum absolute atomic E-state index is 0.0217. The van der Waals surface area contributed by atoms with Gasteiger partial charge in [-0.3, -0.25) is 9.69 Å². The number of phenolic OH excluding ortho intramolecular Hbond substituents is 1. The van der Waals surface area contributed by atoms with Gasteiger partial charge in [0, 0.05) is 18.0 Å². The van der Waals surface area contributed by atoms with Crippen molar-refractivity contribution in [2.45, 2.75) is 62.2 Å². The lowest BCUT2D eigenvalue weighted by atomic mass is 9.49. The zero-order valence-corrected chi connectivity index (χ0v) is 13.9. The number of ketones is 1. The number of likely N-dealkylation sites (tertiary alicyclic amines) is 1. The summed E-state index contributed by atoms with van der Waals surface area (Å²) in [5, 5.41) is 22.1. The molecule has 5 heteroatoms. The lowest BCUT2D eigenvalue weighted by molar-refractivity contribution is -0.188. The number of aromatic hydroxyl groups is 1. The van der Waals surface area contributed by atoms with Crippen LogP contribution in [0.2, 0.25) is 0 Å². The van der Waals surface area contributed by atoms with E-state index in [2.05, 4.69) is 11.8 Å². The first kappa shape index (κ1) is 14.7. The van der Waals surface area contributed by atoms with Gasteiger partial charge in [0.25, 0.3) is 0 Å². The molecular weight excluding hydrogens is 306 g/mol. The molecule has 5 rings (SSSR count). The topological polar surface area (TPSA) is 70.0 Å². The second-order valence-electron chi connectivity index (χ2n) is 7.81. The van der Waals surface area contributed by atoms with Crippen LogP contribution in [0.5, 0.6) is 11.5 Å². The number of piperidine rings is 1. The Morgan fingerprint density at radius 3 is 3.00 bits per heavy atom. The molecule has 0 amide bonds. The van der Waals surface area contributed by atoms with Gasteiger partial charge in [0.15, 0.2) is 23.4 Å². The van der Waals surface area contributed by atoms with Crippen molar-refractivity contribution in [1.82, 2.24) is 4.90 Å². The van der Waals surface area contributed by atoms with Gasteiger partial charge in [-0.25, -0.2) is 0 Å². The van der Waals surface area contributed by atoms with Gasteiger partial charge in [0.2, 0.25) is 0 Å². The summed E-state index contributed by atoms with van der Waals surface area (Å²) in [5.41, 5.74) is 0.398. The van der Waals surface area contributed by atoms with Gasteiger partial charge in [-0.15, -0.1) is 0 Å². The highest BCUT2D eigenvalue weighted by Gasteiger charge is 2.72. The fourth-order valence-electron chi connectivity index (χ4n) is 5.97. The number of hydrogen-bond donors (Lipinski definition) is 2. The van der Waals surface area contributed by atoms with Crippen LogP contribution in [0.15, 0.2) is 12.1 Å². The summed E-state index contributed by atoms with van der Waals surface area (Å²) in [4.78, 5) is 15.0. The quantitative estimate of drug-likeness (QED) is 0.861. The van der Waals surface area contributed by atoms with E-state index in [0.717, 1.165) is 37.1 Å². The number of Topliss-reactive ketones (excluding diaryl/α,β-unsaturated/α-hetero) is 1. The first-order valence-electron chi connectivity index (χ1n) is 9.04. The second kappa shape index (κ2) is 4.52. The standard InChI is InChI=1S/C19H23NO4/c1-2-8-20-9-7-18-15-11-3-4-12(21)16(15)24-17(18)13(22)5-6-19(18,23)14(20)10-11/h3-4,14,17,21,23H,2,5-10H2,1H3/t14-,17-,18+,19-/m1/s1. The van der Waals surface area contributed by atoms with Crippen molar-refractivity contribution in [3.05, 3.63) is 23.3 Å². The number of rotatable bonds is 2. The highest BCUT2D eigenvalue weighted by Crippen LogP contribution is 2.64. The molecule has 2 fully saturated rings. The maximum Gasteiger partial charge on any atom is 0.174 e. The van der Waals surface area contributed by atoms with Crippen LogP contribution in [0.4, 0.5) is 0 Å². The predicted molar refractivity (Wildman–Crippen MR) is 87.4 cm³/mol. The summed E-state index contributed by atoms with van der Waals surface area (Å²) >= 11 is 0. The Kier molecular flexibility index (Phi) is 2.78. The van der Waals surface area contributed by atoms with Crippen LogP contribution < -0.4 is 4.74 Å². The molecule has 2 N–H and O–H groups in total. The molecule has 2 aliphatic heterocycles. The lowest BCUT2D eigenvalue weighted by Gasteiger charge is -2.62. The van der Waals surface area contributed by atoms with Crippen LogP contribution in [0.25, 0.3) is 0 Å². The number of phenols is 1. The Hall–Kier alpha value is -1.59. The third-order valence-electron chi connectivity index (χ3n) is 6.88. The number of carbonyl (C=O) groups is 1. The summed E-state index contributed by atoms with van der Waals surface area (Å²) < 4.78 is 6.00. The Morgan fingerprint density at radius 1 is 1.38 bits per heavy atom. The van der Waals surface area contributed by atoms with Crippen molar-refractivity contribution in [2.24, 2.45) is 0 Å². The van der Waals surface area contributed by atoms with Gasteiger partial charge >= 0.3 is 0 Å². The summed E-state index contributed by atoms with van der Waals surface area (Å²) in [6, 6.07) is 3.63. The van der Waals surface area contributed by atoms with Crippen LogP contribution in [-0.4, -0.2) is 51.7 Å². The maximum absolute atomic E-state index is 12.6.